The molecule has 3 aliphatic rings. The molecule has 0 bridgehead atoms. The van der Waals surface area contributed by atoms with Crippen molar-refractivity contribution in [1.82, 2.24) is 0 Å². The maximum Gasteiger partial charge on any atom is 0.190 e. The van der Waals surface area contributed by atoms with E-state index in [2.05, 4.69) is 0 Å². The summed E-state index contributed by atoms with van der Waals surface area (Å²) in [6.45, 7) is 0. The highest BCUT2D eigenvalue weighted by Gasteiger charge is 2.18. The van der Waals surface area contributed by atoms with Crippen LogP contribution in [0.4, 0.5) is 5.88 Å². The van der Waals surface area contributed by atoms with E-state index < -0.39 is 0 Å². The third-order valence-electron chi connectivity index (χ3n) is 4.17. The molecule has 1 aliphatic heterocycles. The average Bonchev–Trinajstić information content (AvgIpc) is 2.91. The van der Waals surface area contributed by atoms with Gasteiger partial charge in [0, 0.05) is 0 Å². The van der Waals surface area contributed by atoms with Crippen LogP contribution in [0.25, 0.3) is 11.3 Å². The molecule has 0 radical (unpaired) electrons. The van der Waals surface area contributed by atoms with E-state index in [1.807, 2.05) is 6.07 Å². The summed E-state index contributed by atoms with van der Waals surface area (Å²) < 4.78 is 5.57. The Morgan fingerprint density at radius 1 is 1.16 bits per heavy atom. The zero-order valence-electron chi connectivity index (χ0n) is 11.0. The molecule has 0 aromatic carbocycles. The van der Waals surface area contributed by atoms with Crippen LogP contribution in [0.15, 0.2) is 33.5 Å². The molecule has 0 atom stereocenters. The van der Waals surface area contributed by atoms with Crippen molar-refractivity contribution in [2.24, 2.45) is 5.92 Å². The van der Waals surface area contributed by atoms with Gasteiger partial charge >= 0.3 is 0 Å². The lowest BCUT2D eigenvalue weighted by atomic mass is 9.95. The first-order valence-electron chi connectivity index (χ1n) is 7.05. The molecule has 2 N–H and O–H groups in total. The predicted octanol–water partition coefficient (Wildman–Crippen LogP) is 3.45. The monoisotopic (exact) mass is 257 g/mol. The van der Waals surface area contributed by atoms with Gasteiger partial charge in [0.05, 0.1) is 5.56 Å². The van der Waals surface area contributed by atoms with Gasteiger partial charge in [-0.05, 0) is 42.5 Å². The highest BCUT2D eigenvalue weighted by atomic mass is 16.3. The average molecular weight is 257 g/mol. The first-order chi connectivity index (χ1) is 9.24. The SMILES string of the molecule is Nc1ccc2c(=O)ccc(CCC3CCCC3)c-2o1. The highest BCUT2D eigenvalue weighted by molar-refractivity contribution is 5.64. The van der Waals surface area contributed by atoms with Crippen molar-refractivity contribution in [3.63, 3.8) is 0 Å². The van der Waals surface area contributed by atoms with E-state index in [1.165, 1.54) is 32.1 Å². The van der Waals surface area contributed by atoms with Crippen molar-refractivity contribution in [2.75, 3.05) is 5.73 Å². The van der Waals surface area contributed by atoms with Crippen molar-refractivity contribution >= 4 is 5.88 Å². The number of hydrogen-bond acceptors (Lipinski definition) is 3. The predicted molar refractivity (Wildman–Crippen MR) is 76.3 cm³/mol. The van der Waals surface area contributed by atoms with Crippen molar-refractivity contribution in [1.29, 1.82) is 0 Å². The van der Waals surface area contributed by atoms with Crippen LogP contribution in [0, 0.1) is 5.92 Å². The fraction of sp³-hybridized carbons (Fsp3) is 0.438. The Labute approximate surface area is 112 Å². The van der Waals surface area contributed by atoms with E-state index in [4.69, 9.17) is 10.2 Å². The topological polar surface area (TPSA) is 56.2 Å². The van der Waals surface area contributed by atoms with Gasteiger partial charge in [-0.3, -0.25) is 4.79 Å². The maximum absolute atomic E-state index is 11.8. The van der Waals surface area contributed by atoms with Crippen LogP contribution in [-0.2, 0) is 6.42 Å². The lowest BCUT2D eigenvalue weighted by Gasteiger charge is -2.12. The quantitative estimate of drug-likeness (QED) is 0.916. The molecule has 1 saturated carbocycles. The molecule has 0 saturated heterocycles. The second-order valence-electron chi connectivity index (χ2n) is 5.49. The van der Waals surface area contributed by atoms with Gasteiger partial charge in [-0.1, -0.05) is 31.7 Å². The minimum absolute atomic E-state index is 0.00312. The highest BCUT2D eigenvalue weighted by Crippen LogP contribution is 2.31. The van der Waals surface area contributed by atoms with E-state index in [0.29, 0.717) is 17.2 Å². The molecule has 0 spiro atoms. The fourth-order valence-electron chi connectivity index (χ4n) is 3.08. The standard InChI is InChI=1S/C16H19NO2/c17-15-10-8-13-14(18)9-7-12(16(13)19-15)6-5-11-3-1-2-4-11/h7-11H,1-6,17H2. The summed E-state index contributed by atoms with van der Waals surface area (Å²) in [6.07, 6.45) is 7.56. The summed E-state index contributed by atoms with van der Waals surface area (Å²) in [4.78, 5) is 11.8. The molecule has 1 heterocycles. The Hall–Kier alpha value is -1.77. The number of benzene rings is 1. The fourth-order valence-corrected chi connectivity index (χ4v) is 3.08. The summed E-state index contributed by atoms with van der Waals surface area (Å²) >= 11 is 0. The molecule has 2 aliphatic carbocycles. The number of hydrogen-bond donors (Lipinski definition) is 1. The molecule has 3 rings (SSSR count). The summed E-state index contributed by atoms with van der Waals surface area (Å²) in [6, 6.07) is 6.93. The van der Waals surface area contributed by atoms with Crippen LogP contribution in [0.2, 0.25) is 0 Å². The number of nitrogen functional groups attached to an aromatic ring is 1. The second-order valence-corrected chi connectivity index (χ2v) is 5.49. The Kier molecular flexibility index (Phi) is 3.28. The lowest BCUT2D eigenvalue weighted by molar-refractivity contribution is 0.498. The van der Waals surface area contributed by atoms with E-state index >= 15 is 0 Å². The minimum atomic E-state index is 0.00312. The normalized spacial score (nSPS) is 16.2. The van der Waals surface area contributed by atoms with Crippen LogP contribution in [0.5, 0.6) is 0 Å². The van der Waals surface area contributed by atoms with Gasteiger partial charge in [-0.15, -0.1) is 0 Å². The zero-order chi connectivity index (χ0) is 13.2. The summed E-state index contributed by atoms with van der Waals surface area (Å²) in [5.41, 5.74) is 7.44. The first kappa shape index (κ1) is 12.3. The Morgan fingerprint density at radius 2 is 1.95 bits per heavy atom. The lowest BCUT2D eigenvalue weighted by Crippen LogP contribution is -2.08. The Bertz CT molecular complexity index is 596. The number of rotatable bonds is 3. The van der Waals surface area contributed by atoms with Crippen LogP contribution >= 0.6 is 0 Å². The molecule has 1 fully saturated rings. The van der Waals surface area contributed by atoms with Crippen LogP contribution in [-0.4, -0.2) is 0 Å². The van der Waals surface area contributed by atoms with Gasteiger partial charge in [-0.25, -0.2) is 0 Å². The number of anilines is 1. The van der Waals surface area contributed by atoms with E-state index in [0.717, 1.165) is 17.9 Å². The van der Waals surface area contributed by atoms with Gasteiger partial charge in [0.2, 0.25) is 0 Å². The third-order valence-corrected chi connectivity index (χ3v) is 4.17. The van der Waals surface area contributed by atoms with Crippen molar-refractivity contribution in [2.45, 2.75) is 38.5 Å². The largest absolute Gasteiger partial charge is 0.441 e. The van der Waals surface area contributed by atoms with E-state index in [1.54, 1.807) is 18.2 Å². The van der Waals surface area contributed by atoms with E-state index in [-0.39, 0.29) is 5.43 Å². The second kappa shape index (κ2) is 5.08. The van der Waals surface area contributed by atoms with E-state index in [9.17, 15) is 4.79 Å². The zero-order valence-corrected chi connectivity index (χ0v) is 11.0. The summed E-state index contributed by atoms with van der Waals surface area (Å²) in [5.74, 6) is 1.87. The van der Waals surface area contributed by atoms with Gasteiger partial charge in [-0.2, -0.15) is 0 Å². The Balaban J connectivity index is 1.88. The van der Waals surface area contributed by atoms with Crippen LogP contribution < -0.4 is 11.2 Å². The number of fused-ring (bicyclic) bond motifs is 1. The van der Waals surface area contributed by atoms with Gasteiger partial charge in [0.25, 0.3) is 0 Å². The van der Waals surface area contributed by atoms with Crippen LogP contribution in [0.3, 0.4) is 0 Å². The molecule has 0 amide bonds. The van der Waals surface area contributed by atoms with Crippen molar-refractivity contribution in [3.8, 4) is 11.3 Å². The summed E-state index contributed by atoms with van der Waals surface area (Å²) in [7, 11) is 0. The molecule has 100 valence electrons. The van der Waals surface area contributed by atoms with Crippen LogP contribution in [0.1, 0.15) is 37.7 Å². The van der Waals surface area contributed by atoms with Gasteiger partial charge < -0.3 is 10.2 Å². The summed E-state index contributed by atoms with van der Waals surface area (Å²) in [5, 5.41) is 0. The maximum atomic E-state index is 11.8. The van der Waals surface area contributed by atoms with Gasteiger partial charge in [0.1, 0.15) is 5.76 Å². The van der Waals surface area contributed by atoms with Crippen molar-refractivity contribution < 1.29 is 4.42 Å². The number of aryl methyl sites for hydroxylation is 1. The van der Waals surface area contributed by atoms with Gasteiger partial charge in [0.15, 0.2) is 11.3 Å². The molecule has 0 unspecified atom stereocenters. The number of nitrogens with two attached hydrogens (primary N) is 1. The molecule has 0 aromatic heterocycles. The first-order valence-corrected chi connectivity index (χ1v) is 7.05. The Morgan fingerprint density at radius 3 is 2.74 bits per heavy atom. The molecule has 0 aromatic rings. The molecular weight excluding hydrogens is 238 g/mol. The third kappa shape index (κ3) is 2.50. The molecule has 3 heteroatoms. The van der Waals surface area contributed by atoms with Crippen molar-refractivity contribution in [3.05, 3.63) is 40.1 Å². The molecule has 19 heavy (non-hydrogen) atoms. The minimum Gasteiger partial charge on any atom is -0.441 e. The smallest absolute Gasteiger partial charge is 0.190 e. The molecule has 3 nitrogen and oxygen atoms in total. The molecular formula is C16H19NO2.